The van der Waals surface area contributed by atoms with Crippen LogP contribution in [0.3, 0.4) is 0 Å². The van der Waals surface area contributed by atoms with Crippen LogP contribution in [-0.2, 0) is 16.1 Å². The van der Waals surface area contributed by atoms with Crippen LogP contribution in [0.15, 0.2) is 12.4 Å². The molecule has 2 heterocycles. The van der Waals surface area contributed by atoms with Crippen LogP contribution in [0.2, 0.25) is 0 Å². The summed E-state index contributed by atoms with van der Waals surface area (Å²) in [7, 11) is 3.46. The molecule has 1 aliphatic rings. The Bertz CT molecular complexity index is 524. The highest BCUT2D eigenvalue weighted by molar-refractivity contribution is 5.86. The second-order valence-electron chi connectivity index (χ2n) is 6.04. The number of amides is 1. The van der Waals surface area contributed by atoms with E-state index in [1.54, 1.807) is 24.4 Å². The summed E-state index contributed by atoms with van der Waals surface area (Å²) in [4.78, 5) is 24.0. The maximum Gasteiger partial charge on any atom is 0.255 e. The highest BCUT2D eigenvalue weighted by atomic mass is 16.5. The summed E-state index contributed by atoms with van der Waals surface area (Å²) in [5.41, 5.74) is 4.99. The minimum Gasteiger partial charge on any atom is -0.383 e. The minimum absolute atomic E-state index is 0.221. The normalized spacial score (nSPS) is 21.9. The van der Waals surface area contributed by atoms with Gasteiger partial charge in [-0.2, -0.15) is 0 Å². The number of aromatic nitrogens is 2. The first kappa shape index (κ1) is 17.6. The third-order valence-corrected chi connectivity index (χ3v) is 3.98. The highest BCUT2D eigenvalue weighted by Gasteiger charge is 2.42. The first-order chi connectivity index (χ1) is 10.9. The zero-order chi connectivity index (χ0) is 16.9. The van der Waals surface area contributed by atoms with Gasteiger partial charge in [0, 0.05) is 51.2 Å². The predicted octanol–water partition coefficient (Wildman–Crippen LogP) is -0.509. The molecule has 0 bridgehead atoms. The van der Waals surface area contributed by atoms with Gasteiger partial charge >= 0.3 is 0 Å². The average molecular weight is 323 g/mol. The lowest BCUT2D eigenvalue weighted by Gasteiger charge is -2.40. The number of anilines is 1. The van der Waals surface area contributed by atoms with Gasteiger partial charge in [-0.15, -0.1) is 0 Å². The maximum atomic E-state index is 12.5. The number of piperidine rings is 1. The third-order valence-electron chi connectivity index (χ3n) is 3.98. The van der Waals surface area contributed by atoms with Crippen molar-refractivity contribution in [3.63, 3.8) is 0 Å². The van der Waals surface area contributed by atoms with Crippen molar-refractivity contribution >= 4 is 11.9 Å². The number of ether oxygens (including phenoxy) is 1. The van der Waals surface area contributed by atoms with Crippen molar-refractivity contribution in [2.75, 3.05) is 46.1 Å². The molecule has 3 N–H and O–H groups in total. The summed E-state index contributed by atoms with van der Waals surface area (Å²) < 4.78 is 5.02. The highest BCUT2D eigenvalue weighted by Crippen LogP contribution is 2.24. The zero-order valence-corrected chi connectivity index (χ0v) is 13.7. The molecule has 2 rings (SSSR count). The van der Waals surface area contributed by atoms with Crippen LogP contribution in [0.25, 0.3) is 0 Å². The van der Waals surface area contributed by atoms with Crippen LogP contribution in [0, 0.1) is 0 Å². The van der Waals surface area contributed by atoms with Crippen LogP contribution in [-0.4, -0.2) is 76.8 Å². The Labute approximate surface area is 136 Å². The number of carbonyl (C=O) groups is 1. The molecular formula is C15H25N5O3. The Morgan fingerprint density at radius 2 is 2.17 bits per heavy atom. The van der Waals surface area contributed by atoms with E-state index < -0.39 is 5.60 Å². The van der Waals surface area contributed by atoms with Gasteiger partial charge in [-0.05, 0) is 19.9 Å². The molecule has 1 unspecified atom stereocenters. The molecule has 0 spiro atoms. The first-order valence-electron chi connectivity index (χ1n) is 7.70. The summed E-state index contributed by atoms with van der Waals surface area (Å²) in [6.45, 7) is 2.45. The summed E-state index contributed by atoms with van der Waals surface area (Å²) in [5, 5.41) is 10.8. The SMILES string of the molecule is COCCN1CCCC(O)(CN(C)Cc2cnc(N)nc2)C1=O. The number of nitrogen functional groups attached to an aromatic ring is 1. The smallest absolute Gasteiger partial charge is 0.255 e. The third kappa shape index (κ3) is 4.60. The molecule has 1 saturated heterocycles. The molecule has 8 heteroatoms. The lowest BCUT2D eigenvalue weighted by atomic mass is 9.91. The number of aliphatic hydroxyl groups is 1. The number of methoxy groups -OCH3 is 1. The lowest BCUT2D eigenvalue weighted by molar-refractivity contribution is -0.159. The molecule has 0 aliphatic carbocycles. The number of likely N-dealkylation sites (tertiary alicyclic amines) is 1. The summed E-state index contributed by atoms with van der Waals surface area (Å²) in [6.07, 6.45) is 4.55. The molecule has 128 valence electrons. The van der Waals surface area contributed by atoms with E-state index in [1.165, 1.54) is 0 Å². The molecule has 1 aromatic heterocycles. The fourth-order valence-corrected chi connectivity index (χ4v) is 2.89. The van der Waals surface area contributed by atoms with E-state index in [9.17, 15) is 9.90 Å². The Balaban J connectivity index is 1.95. The first-order valence-corrected chi connectivity index (χ1v) is 7.70. The molecule has 23 heavy (non-hydrogen) atoms. The molecule has 0 aromatic carbocycles. The van der Waals surface area contributed by atoms with Crippen molar-refractivity contribution in [2.45, 2.75) is 25.0 Å². The van der Waals surface area contributed by atoms with Gasteiger partial charge in [-0.1, -0.05) is 0 Å². The fraction of sp³-hybridized carbons (Fsp3) is 0.667. The van der Waals surface area contributed by atoms with Crippen LogP contribution in [0.4, 0.5) is 5.95 Å². The van der Waals surface area contributed by atoms with Gasteiger partial charge < -0.3 is 20.5 Å². The van der Waals surface area contributed by atoms with E-state index in [2.05, 4.69) is 9.97 Å². The van der Waals surface area contributed by atoms with Gasteiger partial charge in [0.15, 0.2) is 5.60 Å². The number of carbonyl (C=O) groups excluding carboxylic acids is 1. The van der Waals surface area contributed by atoms with Gasteiger partial charge in [0.1, 0.15) is 0 Å². The van der Waals surface area contributed by atoms with Gasteiger partial charge in [-0.3, -0.25) is 9.69 Å². The van der Waals surface area contributed by atoms with Gasteiger partial charge in [0.25, 0.3) is 5.91 Å². The molecule has 1 aliphatic heterocycles. The molecular weight excluding hydrogens is 298 g/mol. The van der Waals surface area contributed by atoms with E-state index in [0.717, 1.165) is 12.0 Å². The van der Waals surface area contributed by atoms with Crippen LogP contribution in [0.5, 0.6) is 0 Å². The molecule has 0 saturated carbocycles. The number of nitrogens with zero attached hydrogens (tertiary/aromatic N) is 4. The Kier molecular flexibility index (Phi) is 5.86. The standard InChI is InChI=1S/C15H25N5O3/c1-19(10-12-8-17-14(16)18-9-12)11-15(22)4-3-5-20(13(15)21)6-7-23-2/h8-9,22H,3-7,10-11H2,1-2H3,(H2,16,17,18). The van der Waals surface area contributed by atoms with E-state index in [1.807, 2.05) is 11.9 Å². The molecule has 1 fully saturated rings. The largest absolute Gasteiger partial charge is 0.383 e. The number of rotatable bonds is 7. The number of nitrogens with two attached hydrogens (primary N) is 1. The molecule has 1 aromatic rings. The van der Waals surface area contributed by atoms with Crippen molar-refractivity contribution in [3.05, 3.63) is 18.0 Å². The van der Waals surface area contributed by atoms with Gasteiger partial charge in [0.05, 0.1) is 6.61 Å². The Morgan fingerprint density at radius 1 is 1.48 bits per heavy atom. The van der Waals surface area contributed by atoms with Crippen molar-refractivity contribution < 1.29 is 14.6 Å². The molecule has 1 amide bonds. The van der Waals surface area contributed by atoms with Crippen LogP contribution < -0.4 is 5.73 Å². The molecule has 8 nitrogen and oxygen atoms in total. The Morgan fingerprint density at radius 3 is 2.83 bits per heavy atom. The monoisotopic (exact) mass is 323 g/mol. The maximum absolute atomic E-state index is 12.5. The quantitative estimate of drug-likeness (QED) is 0.696. The summed E-state index contributed by atoms with van der Waals surface area (Å²) in [6, 6.07) is 0. The van der Waals surface area contributed by atoms with E-state index in [4.69, 9.17) is 10.5 Å². The molecule has 1 atom stereocenters. The topological polar surface area (TPSA) is 105 Å². The van der Waals surface area contributed by atoms with Crippen LogP contribution >= 0.6 is 0 Å². The Hall–Kier alpha value is -1.77. The second-order valence-corrected chi connectivity index (χ2v) is 6.04. The number of hydrogen-bond donors (Lipinski definition) is 2. The van der Waals surface area contributed by atoms with E-state index in [-0.39, 0.29) is 18.4 Å². The van der Waals surface area contributed by atoms with Gasteiger partial charge in [0.2, 0.25) is 5.95 Å². The van der Waals surface area contributed by atoms with E-state index >= 15 is 0 Å². The molecule has 0 radical (unpaired) electrons. The van der Waals surface area contributed by atoms with Gasteiger partial charge in [-0.25, -0.2) is 9.97 Å². The number of hydrogen-bond acceptors (Lipinski definition) is 7. The van der Waals surface area contributed by atoms with Crippen molar-refractivity contribution in [3.8, 4) is 0 Å². The summed E-state index contributed by atoms with van der Waals surface area (Å²) >= 11 is 0. The van der Waals surface area contributed by atoms with Crippen molar-refractivity contribution in [1.82, 2.24) is 19.8 Å². The summed E-state index contributed by atoms with van der Waals surface area (Å²) in [5.74, 6) is 0.00693. The zero-order valence-electron chi connectivity index (χ0n) is 13.7. The van der Waals surface area contributed by atoms with Crippen LogP contribution in [0.1, 0.15) is 18.4 Å². The average Bonchev–Trinajstić information content (AvgIpc) is 2.51. The van der Waals surface area contributed by atoms with Crippen molar-refractivity contribution in [2.24, 2.45) is 0 Å². The fourth-order valence-electron chi connectivity index (χ4n) is 2.89. The predicted molar refractivity (Wildman–Crippen MR) is 85.4 cm³/mol. The van der Waals surface area contributed by atoms with E-state index in [0.29, 0.717) is 32.7 Å². The second kappa shape index (κ2) is 7.67. The minimum atomic E-state index is -1.35. The number of likely N-dealkylation sites (N-methyl/N-ethyl adjacent to an activating group) is 1. The lowest BCUT2D eigenvalue weighted by Crippen LogP contribution is -2.58. The van der Waals surface area contributed by atoms with Crippen molar-refractivity contribution in [1.29, 1.82) is 0 Å².